The maximum Gasteiger partial charge on any atom is 0.128 e. The summed E-state index contributed by atoms with van der Waals surface area (Å²) in [6.45, 7) is 0.582. The van der Waals surface area contributed by atoms with Gasteiger partial charge in [0, 0.05) is 11.6 Å². The molecular formula is C11H12FNO. The molecule has 74 valence electrons. The Hall–Kier alpha value is -1.53. The van der Waals surface area contributed by atoms with Crippen LogP contribution in [0.15, 0.2) is 18.2 Å². The van der Waals surface area contributed by atoms with E-state index in [1.807, 2.05) is 0 Å². The van der Waals surface area contributed by atoms with Gasteiger partial charge in [0.05, 0.1) is 13.7 Å². The summed E-state index contributed by atoms with van der Waals surface area (Å²) in [6.07, 6.45) is 0. The van der Waals surface area contributed by atoms with Gasteiger partial charge in [0.15, 0.2) is 0 Å². The molecule has 0 saturated heterocycles. The summed E-state index contributed by atoms with van der Waals surface area (Å²) in [4.78, 5) is 0. The van der Waals surface area contributed by atoms with Gasteiger partial charge in [0.25, 0.3) is 0 Å². The molecular weight excluding hydrogens is 181 g/mol. The maximum absolute atomic E-state index is 13.0. The number of halogens is 1. The van der Waals surface area contributed by atoms with Crippen molar-refractivity contribution in [3.8, 4) is 17.6 Å². The van der Waals surface area contributed by atoms with Gasteiger partial charge in [-0.1, -0.05) is 11.8 Å². The second kappa shape index (κ2) is 5.25. The molecule has 0 heterocycles. The Morgan fingerprint density at radius 3 is 2.86 bits per heavy atom. The second-order valence-electron chi connectivity index (χ2n) is 2.71. The first-order chi connectivity index (χ1) is 6.76. The summed E-state index contributed by atoms with van der Waals surface area (Å²) in [5, 5.41) is 2.88. The minimum absolute atomic E-state index is 0.335. The van der Waals surface area contributed by atoms with Crippen LogP contribution in [-0.2, 0) is 0 Å². The Kier molecular flexibility index (Phi) is 3.96. The Labute approximate surface area is 83.1 Å². The normalized spacial score (nSPS) is 9.07. The van der Waals surface area contributed by atoms with Gasteiger partial charge in [-0.25, -0.2) is 4.39 Å². The zero-order valence-corrected chi connectivity index (χ0v) is 8.23. The van der Waals surface area contributed by atoms with Crippen molar-refractivity contribution in [2.24, 2.45) is 0 Å². The highest BCUT2D eigenvalue weighted by atomic mass is 19.1. The van der Waals surface area contributed by atoms with E-state index in [-0.39, 0.29) is 5.82 Å². The van der Waals surface area contributed by atoms with Crippen LogP contribution in [0.2, 0.25) is 0 Å². The average molecular weight is 193 g/mol. The molecule has 1 aromatic rings. The van der Waals surface area contributed by atoms with Crippen LogP contribution in [0.25, 0.3) is 0 Å². The first kappa shape index (κ1) is 10.6. The van der Waals surface area contributed by atoms with Gasteiger partial charge in [-0.15, -0.1) is 0 Å². The lowest BCUT2D eigenvalue weighted by atomic mass is 10.2. The molecule has 0 amide bonds. The smallest absolute Gasteiger partial charge is 0.128 e. The van der Waals surface area contributed by atoms with Crippen LogP contribution in [0.1, 0.15) is 5.56 Å². The molecule has 0 saturated carbocycles. The van der Waals surface area contributed by atoms with Crippen molar-refractivity contribution in [3.05, 3.63) is 29.6 Å². The summed E-state index contributed by atoms with van der Waals surface area (Å²) in [6, 6.07) is 4.40. The van der Waals surface area contributed by atoms with Crippen LogP contribution < -0.4 is 10.1 Å². The quantitative estimate of drug-likeness (QED) is 0.717. The predicted molar refractivity (Wildman–Crippen MR) is 53.8 cm³/mol. The molecule has 0 spiro atoms. The highest BCUT2D eigenvalue weighted by Gasteiger charge is 1.97. The molecule has 0 radical (unpaired) electrons. The second-order valence-corrected chi connectivity index (χ2v) is 2.71. The number of rotatable bonds is 2. The van der Waals surface area contributed by atoms with E-state index in [0.717, 1.165) is 0 Å². The van der Waals surface area contributed by atoms with E-state index in [0.29, 0.717) is 17.9 Å². The molecule has 2 nitrogen and oxygen atoms in total. The summed E-state index contributed by atoms with van der Waals surface area (Å²) in [5.41, 5.74) is 0.622. The Morgan fingerprint density at radius 1 is 1.43 bits per heavy atom. The number of nitrogens with one attached hydrogen (secondary N) is 1. The largest absolute Gasteiger partial charge is 0.497 e. The number of ether oxygens (including phenoxy) is 1. The summed E-state index contributed by atoms with van der Waals surface area (Å²) in [5.74, 6) is 5.83. The van der Waals surface area contributed by atoms with Crippen LogP contribution in [0.3, 0.4) is 0 Å². The van der Waals surface area contributed by atoms with Gasteiger partial charge in [-0.3, -0.25) is 0 Å². The van der Waals surface area contributed by atoms with Gasteiger partial charge in [-0.05, 0) is 19.2 Å². The van der Waals surface area contributed by atoms with Crippen molar-refractivity contribution in [2.45, 2.75) is 0 Å². The molecule has 1 aromatic carbocycles. The summed E-state index contributed by atoms with van der Waals surface area (Å²) in [7, 11) is 3.31. The SMILES string of the molecule is CNCC#Cc1cc(F)cc(OC)c1. The minimum Gasteiger partial charge on any atom is -0.497 e. The van der Waals surface area contributed by atoms with E-state index in [1.165, 1.54) is 19.2 Å². The molecule has 0 aliphatic rings. The standard InChI is InChI=1S/C11H12FNO/c1-13-5-3-4-9-6-10(12)8-11(7-9)14-2/h6-8,13H,5H2,1-2H3. The monoisotopic (exact) mass is 193 g/mol. The van der Waals surface area contributed by atoms with Crippen LogP contribution in [-0.4, -0.2) is 20.7 Å². The fraction of sp³-hybridized carbons (Fsp3) is 0.273. The van der Waals surface area contributed by atoms with Crippen LogP contribution >= 0.6 is 0 Å². The molecule has 0 bridgehead atoms. The van der Waals surface area contributed by atoms with Gasteiger partial charge < -0.3 is 10.1 Å². The zero-order valence-electron chi connectivity index (χ0n) is 8.23. The van der Waals surface area contributed by atoms with Gasteiger partial charge >= 0.3 is 0 Å². The lowest BCUT2D eigenvalue weighted by Gasteiger charge is -1.99. The summed E-state index contributed by atoms with van der Waals surface area (Å²) < 4.78 is 17.9. The van der Waals surface area contributed by atoms with E-state index >= 15 is 0 Å². The van der Waals surface area contributed by atoms with Gasteiger partial charge in [-0.2, -0.15) is 0 Å². The van der Waals surface area contributed by atoms with E-state index in [9.17, 15) is 4.39 Å². The third-order valence-corrected chi connectivity index (χ3v) is 1.60. The zero-order chi connectivity index (χ0) is 10.4. The Balaban J connectivity index is 2.88. The van der Waals surface area contributed by atoms with Crippen LogP contribution in [0.5, 0.6) is 5.75 Å². The van der Waals surface area contributed by atoms with Crippen molar-refractivity contribution in [1.29, 1.82) is 0 Å². The molecule has 3 heteroatoms. The molecule has 14 heavy (non-hydrogen) atoms. The minimum atomic E-state index is -0.335. The lowest BCUT2D eigenvalue weighted by molar-refractivity contribution is 0.411. The van der Waals surface area contributed by atoms with Crippen LogP contribution in [0.4, 0.5) is 4.39 Å². The topological polar surface area (TPSA) is 21.3 Å². The molecule has 0 fully saturated rings. The molecule has 0 aliphatic heterocycles. The Morgan fingerprint density at radius 2 is 2.21 bits per heavy atom. The molecule has 0 atom stereocenters. The van der Waals surface area contributed by atoms with Crippen molar-refractivity contribution in [2.75, 3.05) is 20.7 Å². The van der Waals surface area contributed by atoms with E-state index in [1.54, 1.807) is 13.1 Å². The maximum atomic E-state index is 13.0. The summed E-state index contributed by atoms with van der Waals surface area (Å²) >= 11 is 0. The lowest BCUT2D eigenvalue weighted by Crippen LogP contribution is -2.04. The predicted octanol–water partition coefficient (Wildman–Crippen LogP) is 1.41. The van der Waals surface area contributed by atoms with E-state index < -0.39 is 0 Å². The van der Waals surface area contributed by atoms with Crippen molar-refractivity contribution >= 4 is 0 Å². The van der Waals surface area contributed by atoms with E-state index in [2.05, 4.69) is 17.2 Å². The van der Waals surface area contributed by atoms with Crippen molar-refractivity contribution < 1.29 is 9.13 Å². The van der Waals surface area contributed by atoms with Crippen LogP contribution in [0, 0.1) is 17.7 Å². The van der Waals surface area contributed by atoms with E-state index in [4.69, 9.17) is 4.74 Å². The number of benzene rings is 1. The van der Waals surface area contributed by atoms with Gasteiger partial charge in [0.1, 0.15) is 11.6 Å². The molecule has 0 aliphatic carbocycles. The highest BCUT2D eigenvalue weighted by molar-refractivity contribution is 5.40. The molecule has 1 rings (SSSR count). The fourth-order valence-corrected chi connectivity index (χ4v) is 0.987. The van der Waals surface area contributed by atoms with Crippen molar-refractivity contribution in [1.82, 2.24) is 5.32 Å². The highest BCUT2D eigenvalue weighted by Crippen LogP contribution is 2.14. The first-order valence-corrected chi connectivity index (χ1v) is 4.24. The number of hydrogen-bond acceptors (Lipinski definition) is 2. The third kappa shape index (κ3) is 3.08. The fourth-order valence-electron chi connectivity index (χ4n) is 0.987. The Bertz CT molecular complexity index is 365. The number of hydrogen-bond donors (Lipinski definition) is 1. The first-order valence-electron chi connectivity index (χ1n) is 4.24. The van der Waals surface area contributed by atoms with Crippen molar-refractivity contribution in [3.63, 3.8) is 0 Å². The molecule has 1 N–H and O–H groups in total. The molecule has 0 aromatic heterocycles. The third-order valence-electron chi connectivity index (χ3n) is 1.60. The van der Waals surface area contributed by atoms with Gasteiger partial charge in [0.2, 0.25) is 0 Å². The average Bonchev–Trinajstić information content (AvgIpc) is 2.17. The molecule has 0 unspecified atom stereocenters. The number of methoxy groups -OCH3 is 1.